The van der Waals surface area contributed by atoms with Crippen LogP contribution in [0.15, 0.2) is 18.2 Å². The van der Waals surface area contributed by atoms with Crippen LogP contribution in [0.3, 0.4) is 0 Å². The quantitative estimate of drug-likeness (QED) is 0.926. The highest BCUT2D eigenvalue weighted by Gasteiger charge is 2.28. The monoisotopic (exact) mass is 291 g/mol. The number of rotatable bonds is 4. The van der Waals surface area contributed by atoms with E-state index in [1.165, 1.54) is 11.1 Å². The summed E-state index contributed by atoms with van der Waals surface area (Å²) in [6.45, 7) is 2.54. The second-order valence-electron chi connectivity index (χ2n) is 6.06. The first-order valence-corrected chi connectivity index (χ1v) is 7.89. The van der Waals surface area contributed by atoms with Gasteiger partial charge in [0.2, 0.25) is 0 Å². The number of hydrogen-bond acceptors (Lipinski definition) is 4. The Morgan fingerprint density at radius 3 is 2.81 bits per heavy atom. The Morgan fingerprint density at radius 2 is 2.05 bits per heavy atom. The van der Waals surface area contributed by atoms with Gasteiger partial charge in [-0.1, -0.05) is 6.07 Å². The van der Waals surface area contributed by atoms with Gasteiger partial charge in [0.15, 0.2) is 0 Å². The maximum atomic E-state index is 6.42. The summed E-state index contributed by atoms with van der Waals surface area (Å²) >= 11 is 0. The van der Waals surface area contributed by atoms with E-state index < -0.39 is 0 Å². The Kier molecular flexibility index (Phi) is 4.78. The van der Waals surface area contributed by atoms with Crippen molar-refractivity contribution in [1.29, 1.82) is 0 Å². The summed E-state index contributed by atoms with van der Waals surface area (Å²) in [6, 6.07) is 6.14. The molecule has 2 aliphatic rings. The van der Waals surface area contributed by atoms with Crippen LogP contribution in [0.5, 0.6) is 5.75 Å². The minimum atomic E-state index is -0.0521. The number of fused-ring (bicyclic) bond motifs is 1. The van der Waals surface area contributed by atoms with Crippen LogP contribution in [0.1, 0.15) is 36.4 Å². The van der Waals surface area contributed by atoms with Crippen molar-refractivity contribution in [3.63, 3.8) is 0 Å². The van der Waals surface area contributed by atoms with Crippen LogP contribution in [0.4, 0.5) is 0 Å². The maximum Gasteiger partial charge on any atom is 0.119 e. The highest BCUT2D eigenvalue weighted by atomic mass is 16.5. The minimum Gasteiger partial charge on any atom is -0.497 e. The molecule has 21 heavy (non-hydrogen) atoms. The number of aryl methyl sites for hydroxylation is 1. The van der Waals surface area contributed by atoms with E-state index in [1.807, 2.05) is 6.07 Å². The topological polar surface area (TPSA) is 53.7 Å². The molecule has 2 unspecified atom stereocenters. The fourth-order valence-electron chi connectivity index (χ4n) is 3.28. The van der Waals surface area contributed by atoms with E-state index in [4.69, 9.17) is 19.9 Å². The number of methoxy groups -OCH3 is 1. The first-order valence-electron chi connectivity index (χ1n) is 7.89. The van der Waals surface area contributed by atoms with Gasteiger partial charge in [0.1, 0.15) is 5.75 Å². The molecule has 3 rings (SSSR count). The number of nitrogens with two attached hydrogens (primary N) is 1. The molecule has 0 spiro atoms. The molecule has 2 N–H and O–H groups in total. The maximum absolute atomic E-state index is 6.42. The van der Waals surface area contributed by atoms with Gasteiger partial charge >= 0.3 is 0 Å². The standard InChI is InChI=1S/C17H25NO3/c1-19-14-4-2-13-3-5-16(17(18)15(13)10-14)21-11-12-6-8-20-9-7-12/h2,4,10,12,16-17H,3,5-9,11,18H2,1H3. The summed E-state index contributed by atoms with van der Waals surface area (Å²) < 4.78 is 16.8. The lowest BCUT2D eigenvalue weighted by molar-refractivity contribution is -0.0250. The smallest absolute Gasteiger partial charge is 0.119 e. The predicted octanol–water partition coefficient (Wildman–Crippen LogP) is 2.45. The molecule has 0 saturated carbocycles. The van der Waals surface area contributed by atoms with Crippen molar-refractivity contribution in [2.24, 2.45) is 11.7 Å². The molecule has 0 bridgehead atoms. The van der Waals surface area contributed by atoms with Crippen molar-refractivity contribution in [2.75, 3.05) is 26.9 Å². The van der Waals surface area contributed by atoms with E-state index in [0.29, 0.717) is 5.92 Å². The third-order valence-corrected chi connectivity index (χ3v) is 4.70. The van der Waals surface area contributed by atoms with E-state index in [1.54, 1.807) is 7.11 Å². The lowest BCUT2D eigenvalue weighted by Crippen LogP contribution is -2.35. The molecule has 1 heterocycles. The van der Waals surface area contributed by atoms with Crippen LogP contribution in [-0.2, 0) is 15.9 Å². The lowest BCUT2D eigenvalue weighted by Gasteiger charge is -2.33. The van der Waals surface area contributed by atoms with Crippen molar-refractivity contribution in [1.82, 2.24) is 0 Å². The van der Waals surface area contributed by atoms with E-state index in [-0.39, 0.29) is 12.1 Å². The van der Waals surface area contributed by atoms with Crippen molar-refractivity contribution >= 4 is 0 Å². The number of ether oxygens (including phenoxy) is 3. The summed E-state index contributed by atoms with van der Waals surface area (Å²) in [5, 5.41) is 0. The largest absolute Gasteiger partial charge is 0.497 e. The zero-order valence-electron chi connectivity index (χ0n) is 12.7. The molecule has 4 heteroatoms. The van der Waals surface area contributed by atoms with Gasteiger partial charge in [-0.25, -0.2) is 0 Å². The van der Waals surface area contributed by atoms with Crippen LogP contribution in [0, 0.1) is 5.92 Å². The van der Waals surface area contributed by atoms with E-state index in [9.17, 15) is 0 Å². The SMILES string of the molecule is COc1ccc2c(c1)C(N)C(OCC1CCOCC1)CC2. The second-order valence-corrected chi connectivity index (χ2v) is 6.06. The third-order valence-electron chi connectivity index (χ3n) is 4.70. The Hall–Kier alpha value is -1.10. The Labute approximate surface area is 126 Å². The molecule has 1 saturated heterocycles. The van der Waals surface area contributed by atoms with Crippen LogP contribution in [0.2, 0.25) is 0 Å². The molecule has 1 aliphatic carbocycles. The van der Waals surface area contributed by atoms with Gasteiger partial charge < -0.3 is 19.9 Å². The Morgan fingerprint density at radius 1 is 1.24 bits per heavy atom. The highest BCUT2D eigenvalue weighted by Crippen LogP contribution is 2.33. The molecule has 0 aromatic heterocycles. The average molecular weight is 291 g/mol. The number of hydrogen-bond donors (Lipinski definition) is 1. The third kappa shape index (κ3) is 3.39. The summed E-state index contributed by atoms with van der Waals surface area (Å²) in [5.74, 6) is 1.49. The summed E-state index contributed by atoms with van der Waals surface area (Å²) in [5.41, 5.74) is 8.93. The van der Waals surface area contributed by atoms with Gasteiger partial charge in [-0.15, -0.1) is 0 Å². The van der Waals surface area contributed by atoms with E-state index in [0.717, 1.165) is 51.3 Å². The molecule has 0 radical (unpaired) electrons. The van der Waals surface area contributed by atoms with Crippen molar-refractivity contribution < 1.29 is 14.2 Å². The predicted molar refractivity (Wildman–Crippen MR) is 81.5 cm³/mol. The van der Waals surface area contributed by atoms with Crippen molar-refractivity contribution in [3.8, 4) is 5.75 Å². The van der Waals surface area contributed by atoms with Crippen LogP contribution in [-0.4, -0.2) is 33.0 Å². The Bertz CT molecular complexity index is 471. The first kappa shape index (κ1) is 14.8. The Balaban J connectivity index is 1.62. The minimum absolute atomic E-state index is 0.0521. The molecular formula is C17H25NO3. The summed E-state index contributed by atoms with van der Waals surface area (Å²) in [4.78, 5) is 0. The summed E-state index contributed by atoms with van der Waals surface area (Å²) in [7, 11) is 1.69. The van der Waals surface area contributed by atoms with Gasteiger partial charge in [-0.3, -0.25) is 0 Å². The lowest BCUT2D eigenvalue weighted by atomic mass is 9.85. The van der Waals surface area contributed by atoms with E-state index in [2.05, 4.69) is 12.1 Å². The molecular weight excluding hydrogens is 266 g/mol. The second kappa shape index (κ2) is 6.77. The molecule has 0 amide bonds. The molecule has 2 atom stereocenters. The molecule has 1 aromatic carbocycles. The van der Waals surface area contributed by atoms with E-state index >= 15 is 0 Å². The summed E-state index contributed by atoms with van der Waals surface area (Å²) in [6.07, 6.45) is 4.36. The molecule has 1 aromatic rings. The van der Waals surface area contributed by atoms with Crippen molar-refractivity contribution in [3.05, 3.63) is 29.3 Å². The molecule has 116 valence electrons. The first-order chi connectivity index (χ1) is 10.3. The van der Waals surface area contributed by atoms with Crippen LogP contribution in [0.25, 0.3) is 0 Å². The van der Waals surface area contributed by atoms with Gasteiger partial charge in [0.05, 0.1) is 25.9 Å². The van der Waals surface area contributed by atoms with Gasteiger partial charge in [0.25, 0.3) is 0 Å². The van der Waals surface area contributed by atoms with Gasteiger partial charge in [-0.05, 0) is 54.9 Å². The fraction of sp³-hybridized carbons (Fsp3) is 0.647. The van der Waals surface area contributed by atoms with Gasteiger partial charge in [-0.2, -0.15) is 0 Å². The average Bonchev–Trinajstić information content (AvgIpc) is 2.55. The van der Waals surface area contributed by atoms with Crippen LogP contribution < -0.4 is 10.5 Å². The zero-order valence-corrected chi connectivity index (χ0v) is 12.7. The van der Waals surface area contributed by atoms with Crippen LogP contribution >= 0.6 is 0 Å². The fourth-order valence-corrected chi connectivity index (χ4v) is 3.28. The normalized spacial score (nSPS) is 26.4. The molecule has 1 aliphatic heterocycles. The molecule has 4 nitrogen and oxygen atoms in total. The highest BCUT2D eigenvalue weighted by molar-refractivity contribution is 5.39. The van der Waals surface area contributed by atoms with Crippen molar-refractivity contribution in [2.45, 2.75) is 37.8 Å². The molecule has 1 fully saturated rings. The van der Waals surface area contributed by atoms with Gasteiger partial charge in [0, 0.05) is 13.2 Å². The zero-order chi connectivity index (χ0) is 14.7. The number of benzene rings is 1.